The van der Waals surface area contributed by atoms with Crippen molar-refractivity contribution in [1.29, 1.82) is 0 Å². The number of benzene rings is 1. The van der Waals surface area contributed by atoms with Gasteiger partial charge in [0.15, 0.2) is 0 Å². The molecule has 19 heavy (non-hydrogen) atoms. The lowest BCUT2D eigenvalue weighted by atomic mass is 9.87. The monoisotopic (exact) mass is 329 g/mol. The summed E-state index contributed by atoms with van der Waals surface area (Å²) in [7, 11) is 0. The molecule has 106 valence electrons. The molecule has 1 heterocycles. The van der Waals surface area contributed by atoms with E-state index in [-0.39, 0.29) is 11.9 Å². The maximum atomic E-state index is 13.7. The molecule has 1 fully saturated rings. The molecule has 0 bridgehead atoms. The topological polar surface area (TPSA) is 32.3 Å². The van der Waals surface area contributed by atoms with Crippen molar-refractivity contribution in [1.82, 2.24) is 5.32 Å². The molecule has 1 aliphatic rings. The van der Waals surface area contributed by atoms with Gasteiger partial charge in [0, 0.05) is 16.1 Å². The van der Waals surface area contributed by atoms with Gasteiger partial charge in [-0.25, -0.2) is 4.39 Å². The van der Waals surface area contributed by atoms with Crippen LogP contribution in [0.1, 0.15) is 44.3 Å². The van der Waals surface area contributed by atoms with Crippen molar-refractivity contribution in [3.05, 3.63) is 34.1 Å². The van der Waals surface area contributed by atoms with Crippen molar-refractivity contribution in [2.24, 2.45) is 5.92 Å². The molecule has 0 radical (unpaired) electrons. The molecule has 1 aliphatic heterocycles. The number of hydrogen-bond acceptors (Lipinski definition) is 2. The zero-order valence-electron chi connectivity index (χ0n) is 11.2. The number of halogens is 2. The Kier molecular flexibility index (Phi) is 5.37. The number of aliphatic hydroxyl groups excluding tert-OH is 1. The number of hydrogen-bond donors (Lipinski definition) is 2. The van der Waals surface area contributed by atoms with E-state index in [0.717, 1.165) is 23.4 Å². The number of rotatable bonds is 4. The van der Waals surface area contributed by atoms with Gasteiger partial charge >= 0.3 is 0 Å². The minimum atomic E-state index is -0.745. The Hall–Kier alpha value is -0.450. The first-order valence-corrected chi connectivity index (χ1v) is 7.75. The fourth-order valence-corrected chi connectivity index (χ4v) is 3.19. The molecule has 3 unspecified atom stereocenters. The van der Waals surface area contributed by atoms with E-state index in [2.05, 4.69) is 28.2 Å². The highest BCUT2D eigenvalue weighted by Crippen LogP contribution is 2.28. The predicted octanol–water partition coefficient (Wildman–Crippen LogP) is 3.79. The summed E-state index contributed by atoms with van der Waals surface area (Å²) in [6.45, 7) is 3.20. The zero-order chi connectivity index (χ0) is 13.8. The van der Waals surface area contributed by atoms with Gasteiger partial charge in [-0.2, -0.15) is 0 Å². The first kappa shape index (κ1) is 14.9. The van der Waals surface area contributed by atoms with E-state index in [4.69, 9.17) is 0 Å². The quantitative estimate of drug-likeness (QED) is 0.880. The summed E-state index contributed by atoms with van der Waals surface area (Å²) in [5.74, 6) is 0.393. The van der Waals surface area contributed by atoms with E-state index in [9.17, 15) is 9.50 Å². The molecule has 2 N–H and O–H groups in total. The van der Waals surface area contributed by atoms with Crippen LogP contribution < -0.4 is 5.32 Å². The molecule has 0 aliphatic carbocycles. The highest BCUT2D eigenvalue weighted by Gasteiger charge is 2.24. The molecule has 0 amide bonds. The summed E-state index contributed by atoms with van der Waals surface area (Å²) < 4.78 is 14.5. The van der Waals surface area contributed by atoms with Crippen LogP contribution in [0.3, 0.4) is 0 Å². The second-order valence-corrected chi connectivity index (χ2v) is 6.28. The second-order valence-electron chi connectivity index (χ2n) is 5.37. The van der Waals surface area contributed by atoms with E-state index in [1.54, 1.807) is 12.1 Å². The molecular weight excluding hydrogens is 309 g/mol. The van der Waals surface area contributed by atoms with E-state index in [1.807, 2.05) is 0 Å². The Labute approximate surface area is 122 Å². The predicted molar refractivity (Wildman–Crippen MR) is 78.5 cm³/mol. The van der Waals surface area contributed by atoms with Crippen LogP contribution >= 0.6 is 15.9 Å². The van der Waals surface area contributed by atoms with Crippen molar-refractivity contribution < 1.29 is 9.50 Å². The standard InChI is InChI=1S/C15H21BrFNO/c1-2-10-5-6-18-12(7-10)9-15(19)13-8-11(16)3-4-14(13)17/h3-4,8,10,12,15,18-19H,2,5-7,9H2,1H3. The molecule has 3 atom stereocenters. The van der Waals surface area contributed by atoms with Crippen LogP contribution in [0, 0.1) is 11.7 Å². The Balaban J connectivity index is 2.00. The van der Waals surface area contributed by atoms with E-state index < -0.39 is 6.10 Å². The van der Waals surface area contributed by atoms with Crippen LogP contribution in [0.2, 0.25) is 0 Å². The molecule has 1 saturated heterocycles. The van der Waals surface area contributed by atoms with Crippen molar-refractivity contribution in [2.45, 2.75) is 44.8 Å². The van der Waals surface area contributed by atoms with Gasteiger partial charge in [0.2, 0.25) is 0 Å². The number of nitrogens with one attached hydrogen (secondary N) is 1. The Morgan fingerprint density at radius 1 is 1.53 bits per heavy atom. The minimum Gasteiger partial charge on any atom is -0.388 e. The van der Waals surface area contributed by atoms with Crippen LogP contribution in [-0.2, 0) is 0 Å². The van der Waals surface area contributed by atoms with Gasteiger partial charge < -0.3 is 10.4 Å². The first-order valence-electron chi connectivity index (χ1n) is 6.96. The Morgan fingerprint density at radius 3 is 3.05 bits per heavy atom. The first-order chi connectivity index (χ1) is 9.10. The molecule has 1 aromatic rings. The summed E-state index contributed by atoms with van der Waals surface area (Å²) in [4.78, 5) is 0. The van der Waals surface area contributed by atoms with Crippen LogP contribution in [0.5, 0.6) is 0 Å². The van der Waals surface area contributed by atoms with E-state index >= 15 is 0 Å². The average molecular weight is 330 g/mol. The largest absolute Gasteiger partial charge is 0.388 e. The summed E-state index contributed by atoms with van der Waals surface area (Å²) in [6.07, 6.45) is 3.28. The van der Waals surface area contributed by atoms with Gasteiger partial charge in [-0.3, -0.25) is 0 Å². The van der Waals surface area contributed by atoms with Crippen LogP contribution in [0.25, 0.3) is 0 Å². The molecule has 1 aromatic carbocycles. The van der Waals surface area contributed by atoms with Crippen LogP contribution in [0.4, 0.5) is 4.39 Å². The maximum Gasteiger partial charge on any atom is 0.129 e. The normalized spacial score (nSPS) is 25.3. The lowest BCUT2D eigenvalue weighted by molar-refractivity contribution is 0.132. The fraction of sp³-hybridized carbons (Fsp3) is 0.600. The van der Waals surface area contributed by atoms with Gasteiger partial charge in [-0.15, -0.1) is 0 Å². The summed E-state index contributed by atoms with van der Waals surface area (Å²) in [6, 6.07) is 5.00. The third kappa shape index (κ3) is 4.01. The molecular formula is C15H21BrFNO. The molecule has 0 spiro atoms. The van der Waals surface area contributed by atoms with Gasteiger partial charge in [-0.1, -0.05) is 29.3 Å². The van der Waals surface area contributed by atoms with Gasteiger partial charge in [0.05, 0.1) is 6.10 Å². The number of aliphatic hydroxyl groups is 1. The Morgan fingerprint density at radius 2 is 2.32 bits per heavy atom. The van der Waals surface area contributed by atoms with Gasteiger partial charge in [0.1, 0.15) is 5.82 Å². The minimum absolute atomic E-state index is 0.284. The molecule has 0 saturated carbocycles. The van der Waals surface area contributed by atoms with Gasteiger partial charge in [-0.05, 0) is 49.9 Å². The highest BCUT2D eigenvalue weighted by atomic mass is 79.9. The van der Waals surface area contributed by atoms with Crippen molar-refractivity contribution in [3.63, 3.8) is 0 Å². The fourth-order valence-electron chi connectivity index (χ4n) is 2.81. The van der Waals surface area contributed by atoms with Gasteiger partial charge in [0.25, 0.3) is 0 Å². The third-order valence-electron chi connectivity index (χ3n) is 4.01. The van der Waals surface area contributed by atoms with E-state index in [1.165, 1.54) is 18.9 Å². The summed E-state index contributed by atoms with van der Waals surface area (Å²) in [5.41, 5.74) is 0.384. The lowest BCUT2D eigenvalue weighted by Crippen LogP contribution is -2.39. The van der Waals surface area contributed by atoms with Crippen molar-refractivity contribution in [3.8, 4) is 0 Å². The second kappa shape index (κ2) is 6.82. The van der Waals surface area contributed by atoms with Crippen molar-refractivity contribution in [2.75, 3.05) is 6.54 Å². The molecule has 2 nitrogen and oxygen atoms in total. The third-order valence-corrected chi connectivity index (χ3v) is 4.50. The molecule has 2 rings (SSSR count). The van der Waals surface area contributed by atoms with Crippen LogP contribution in [0.15, 0.2) is 22.7 Å². The SMILES string of the molecule is CCC1CCNC(CC(O)c2cc(Br)ccc2F)C1. The lowest BCUT2D eigenvalue weighted by Gasteiger charge is -2.31. The zero-order valence-corrected chi connectivity index (χ0v) is 12.8. The van der Waals surface area contributed by atoms with Crippen molar-refractivity contribution >= 4 is 15.9 Å². The average Bonchev–Trinajstić information content (AvgIpc) is 2.41. The highest BCUT2D eigenvalue weighted by molar-refractivity contribution is 9.10. The molecule has 0 aromatic heterocycles. The Bertz CT molecular complexity index is 427. The number of piperidine rings is 1. The van der Waals surface area contributed by atoms with E-state index in [0.29, 0.717) is 12.0 Å². The summed E-state index contributed by atoms with van der Waals surface area (Å²) in [5, 5.41) is 13.7. The smallest absolute Gasteiger partial charge is 0.129 e. The summed E-state index contributed by atoms with van der Waals surface area (Å²) >= 11 is 3.32. The maximum absolute atomic E-state index is 13.7. The van der Waals surface area contributed by atoms with Crippen LogP contribution in [-0.4, -0.2) is 17.7 Å². The molecule has 4 heteroatoms.